The lowest BCUT2D eigenvalue weighted by molar-refractivity contribution is 1.09. The lowest BCUT2D eigenvalue weighted by Crippen LogP contribution is -1.94. The third-order valence-electron chi connectivity index (χ3n) is 2.51. The molecule has 0 aliphatic carbocycles. The molecule has 1 N–H and O–H groups in total. The van der Waals surface area contributed by atoms with E-state index in [0.717, 1.165) is 5.75 Å². The largest absolute Gasteiger partial charge is 0.277 e. The number of H-pyrrole nitrogens is 1. The fourth-order valence-electron chi connectivity index (χ4n) is 1.77. The highest BCUT2D eigenvalue weighted by Gasteiger charge is 2.17. The Bertz CT molecular complexity index is 488. The Balaban J connectivity index is 2.28. The number of rotatable bonds is 0. The Hall–Kier alpha value is -1.22. The van der Waals surface area contributed by atoms with Gasteiger partial charge in [0.05, 0.1) is 11.9 Å². The molecule has 2 aromatic rings. The minimum absolute atomic E-state index is 1.03. The van der Waals surface area contributed by atoms with Crippen molar-refractivity contribution in [3.8, 4) is 11.3 Å². The summed E-state index contributed by atoms with van der Waals surface area (Å²) in [5.74, 6) is 1.03. The van der Waals surface area contributed by atoms with Gasteiger partial charge in [-0.05, 0) is 19.1 Å². The highest BCUT2D eigenvalue weighted by Crippen LogP contribution is 2.40. The van der Waals surface area contributed by atoms with Gasteiger partial charge in [-0.3, -0.25) is 5.10 Å². The summed E-state index contributed by atoms with van der Waals surface area (Å²) in [5, 5.41) is 7.17. The van der Waals surface area contributed by atoms with Gasteiger partial charge in [0.1, 0.15) is 0 Å². The lowest BCUT2D eigenvalue weighted by Gasteiger charge is -2.15. The average molecular weight is 202 g/mol. The Morgan fingerprint density at radius 3 is 3.29 bits per heavy atom. The molecule has 70 valence electrons. The average Bonchev–Trinajstić information content (AvgIpc) is 2.65. The fraction of sp³-hybridized carbons (Fsp3) is 0.182. The summed E-state index contributed by atoms with van der Waals surface area (Å²) in [4.78, 5) is 1.35. The maximum absolute atomic E-state index is 4.09. The number of benzene rings is 1. The van der Waals surface area contributed by atoms with Crippen molar-refractivity contribution in [1.29, 1.82) is 0 Å². The smallest absolute Gasteiger partial charge is 0.0702 e. The van der Waals surface area contributed by atoms with Gasteiger partial charge >= 0.3 is 0 Å². The summed E-state index contributed by atoms with van der Waals surface area (Å²) >= 11 is 1.88. The normalized spacial score (nSPS) is 13.5. The Labute approximate surface area is 86.7 Å². The first-order valence-corrected chi connectivity index (χ1v) is 5.59. The van der Waals surface area contributed by atoms with E-state index in [4.69, 9.17) is 0 Å². The Morgan fingerprint density at radius 2 is 2.36 bits per heavy atom. The number of aryl methyl sites for hydroxylation is 1. The monoisotopic (exact) mass is 202 g/mol. The molecule has 0 saturated heterocycles. The van der Waals surface area contributed by atoms with Crippen molar-refractivity contribution in [2.24, 2.45) is 0 Å². The summed E-state index contributed by atoms with van der Waals surface area (Å²) < 4.78 is 0. The van der Waals surface area contributed by atoms with Crippen LogP contribution in [0.25, 0.3) is 11.3 Å². The van der Waals surface area contributed by atoms with Crippen LogP contribution >= 0.6 is 11.8 Å². The van der Waals surface area contributed by atoms with Gasteiger partial charge in [0.15, 0.2) is 0 Å². The zero-order chi connectivity index (χ0) is 9.54. The summed E-state index contributed by atoms with van der Waals surface area (Å²) in [7, 11) is 0. The Morgan fingerprint density at radius 1 is 1.43 bits per heavy atom. The molecule has 0 spiro atoms. The van der Waals surface area contributed by atoms with Crippen molar-refractivity contribution in [3.05, 3.63) is 35.5 Å². The van der Waals surface area contributed by atoms with Crippen LogP contribution in [0, 0.1) is 6.92 Å². The van der Waals surface area contributed by atoms with E-state index >= 15 is 0 Å². The number of fused-ring (bicyclic) bond motifs is 3. The molecule has 1 aliphatic heterocycles. The third kappa shape index (κ3) is 1.09. The van der Waals surface area contributed by atoms with Crippen LogP contribution in [-0.4, -0.2) is 10.2 Å². The molecule has 0 saturated carbocycles. The number of thioether (sulfide) groups is 1. The van der Waals surface area contributed by atoms with Crippen LogP contribution in [0.2, 0.25) is 0 Å². The van der Waals surface area contributed by atoms with Crippen LogP contribution in [0.15, 0.2) is 29.3 Å². The number of hydrogen-bond donors (Lipinski definition) is 1. The van der Waals surface area contributed by atoms with Gasteiger partial charge < -0.3 is 0 Å². The van der Waals surface area contributed by atoms with E-state index in [1.54, 1.807) is 0 Å². The maximum atomic E-state index is 4.09. The maximum Gasteiger partial charge on any atom is 0.0702 e. The summed E-state index contributed by atoms with van der Waals surface area (Å²) in [5.41, 5.74) is 5.11. The zero-order valence-corrected chi connectivity index (χ0v) is 8.69. The first-order chi connectivity index (χ1) is 6.84. The number of aromatic nitrogens is 2. The topological polar surface area (TPSA) is 28.7 Å². The molecule has 3 heteroatoms. The van der Waals surface area contributed by atoms with Gasteiger partial charge in [0.2, 0.25) is 0 Å². The first kappa shape index (κ1) is 8.12. The number of nitrogens with zero attached hydrogens (tertiary/aromatic N) is 1. The second-order valence-corrected chi connectivity index (χ2v) is 4.58. The van der Waals surface area contributed by atoms with Crippen molar-refractivity contribution >= 4 is 11.8 Å². The Kier molecular flexibility index (Phi) is 1.67. The number of aromatic amines is 1. The number of nitrogens with one attached hydrogen (secondary N) is 1. The van der Waals surface area contributed by atoms with E-state index in [9.17, 15) is 0 Å². The molecular formula is C11H10N2S. The lowest BCUT2D eigenvalue weighted by atomic mass is 10.1. The van der Waals surface area contributed by atoms with Crippen molar-refractivity contribution in [3.63, 3.8) is 0 Å². The van der Waals surface area contributed by atoms with E-state index in [0.29, 0.717) is 0 Å². The minimum Gasteiger partial charge on any atom is -0.277 e. The van der Waals surface area contributed by atoms with Gasteiger partial charge in [-0.25, -0.2) is 0 Å². The highest BCUT2D eigenvalue weighted by atomic mass is 32.2. The van der Waals surface area contributed by atoms with Gasteiger partial charge in [0, 0.05) is 21.8 Å². The summed E-state index contributed by atoms with van der Waals surface area (Å²) in [6, 6.07) is 6.57. The van der Waals surface area contributed by atoms with E-state index in [1.807, 2.05) is 18.0 Å². The molecule has 0 radical (unpaired) electrons. The molecule has 2 nitrogen and oxygen atoms in total. The van der Waals surface area contributed by atoms with Gasteiger partial charge in [-0.2, -0.15) is 5.10 Å². The second kappa shape index (κ2) is 2.89. The van der Waals surface area contributed by atoms with Gasteiger partial charge in [-0.1, -0.05) is 11.6 Å². The predicted octanol–water partition coefficient (Wildman–Crippen LogP) is 2.99. The standard InChI is InChI=1S/C11H10N2S/c1-7-2-3-10-9(4-7)11-8(6-14-10)5-12-13-11/h2-5H,6H2,1H3,(H,12,13). The van der Waals surface area contributed by atoms with E-state index in [-0.39, 0.29) is 0 Å². The van der Waals surface area contributed by atoms with E-state index in [1.165, 1.54) is 27.3 Å². The van der Waals surface area contributed by atoms with Crippen molar-refractivity contribution in [2.45, 2.75) is 17.6 Å². The van der Waals surface area contributed by atoms with Crippen LogP contribution in [0.5, 0.6) is 0 Å². The molecule has 0 bridgehead atoms. The molecule has 0 atom stereocenters. The molecule has 1 aromatic heterocycles. The van der Waals surface area contributed by atoms with Crippen LogP contribution < -0.4 is 0 Å². The molecule has 2 heterocycles. The van der Waals surface area contributed by atoms with Crippen molar-refractivity contribution in [1.82, 2.24) is 10.2 Å². The van der Waals surface area contributed by atoms with Crippen LogP contribution in [-0.2, 0) is 5.75 Å². The van der Waals surface area contributed by atoms with Gasteiger partial charge in [0.25, 0.3) is 0 Å². The van der Waals surface area contributed by atoms with Gasteiger partial charge in [-0.15, -0.1) is 11.8 Å². The number of hydrogen-bond acceptors (Lipinski definition) is 2. The molecule has 0 amide bonds. The van der Waals surface area contributed by atoms with Crippen LogP contribution in [0.3, 0.4) is 0 Å². The highest BCUT2D eigenvalue weighted by molar-refractivity contribution is 7.98. The van der Waals surface area contributed by atoms with Crippen molar-refractivity contribution < 1.29 is 0 Å². The first-order valence-electron chi connectivity index (χ1n) is 4.60. The van der Waals surface area contributed by atoms with Crippen molar-refractivity contribution in [2.75, 3.05) is 0 Å². The zero-order valence-electron chi connectivity index (χ0n) is 7.87. The minimum atomic E-state index is 1.03. The van der Waals surface area contributed by atoms with Crippen LogP contribution in [0.1, 0.15) is 11.1 Å². The molecule has 0 unspecified atom stereocenters. The second-order valence-electron chi connectivity index (χ2n) is 3.56. The SMILES string of the molecule is Cc1ccc2c(c1)-c1[nH]ncc1CS2. The quantitative estimate of drug-likeness (QED) is 0.711. The summed E-state index contributed by atoms with van der Waals surface area (Å²) in [6.07, 6.45) is 1.92. The fourth-order valence-corrected chi connectivity index (χ4v) is 2.78. The molecule has 1 aromatic carbocycles. The molecular weight excluding hydrogens is 192 g/mol. The predicted molar refractivity (Wildman–Crippen MR) is 58.3 cm³/mol. The summed E-state index contributed by atoms with van der Waals surface area (Å²) in [6.45, 7) is 2.12. The third-order valence-corrected chi connectivity index (χ3v) is 3.63. The van der Waals surface area contributed by atoms with Crippen LogP contribution in [0.4, 0.5) is 0 Å². The van der Waals surface area contributed by atoms with E-state index < -0.39 is 0 Å². The van der Waals surface area contributed by atoms with E-state index in [2.05, 4.69) is 35.3 Å². The molecule has 14 heavy (non-hydrogen) atoms. The molecule has 0 fully saturated rings. The molecule has 3 rings (SSSR count). The molecule has 1 aliphatic rings.